The summed E-state index contributed by atoms with van der Waals surface area (Å²) in [6.45, 7) is 1.77. The summed E-state index contributed by atoms with van der Waals surface area (Å²) in [6.07, 6.45) is 1.99. The minimum absolute atomic E-state index is 0. The molecule has 1 aliphatic rings. The van der Waals surface area contributed by atoms with Gasteiger partial charge in [-0.25, -0.2) is 0 Å². The summed E-state index contributed by atoms with van der Waals surface area (Å²) in [5.41, 5.74) is 10.2. The number of likely N-dealkylation sites (N-methyl/N-ethyl adjacent to an activating group) is 1. The molecular formula is C20H26ClN3O2. The molecule has 0 atom stereocenters. The van der Waals surface area contributed by atoms with Crippen LogP contribution in [0.1, 0.15) is 17.5 Å². The van der Waals surface area contributed by atoms with Crippen LogP contribution in [0.2, 0.25) is 0 Å². The highest BCUT2D eigenvalue weighted by Crippen LogP contribution is 2.31. The van der Waals surface area contributed by atoms with Gasteiger partial charge in [0.15, 0.2) is 0 Å². The van der Waals surface area contributed by atoms with Gasteiger partial charge < -0.3 is 20.3 Å². The number of halogens is 1. The summed E-state index contributed by atoms with van der Waals surface area (Å²) in [5.74, 6) is 0.888. The highest BCUT2D eigenvalue weighted by Gasteiger charge is 2.22. The lowest BCUT2D eigenvalue weighted by Crippen LogP contribution is -2.40. The molecule has 1 heterocycles. The van der Waals surface area contributed by atoms with Crippen LogP contribution in [0.15, 0.2) is 42.5 Å². The van der Waals surface area contributed by atoms with E-state index in [1.54, 1.807) is 12.0 Å². The predicted molar refractivity (Wildman–Crippen MR) is 108 cm³/mol. The van der Waals surface area contributed by atoms with Gasteiger partial charge in [-0.15, -0.1) is 12.4 Å². The largest absolute Gasteiger partial charge is 0.496 e. The smallest absolute Gasteiger partial charge is 0.242 e. The van der Waals surface area contributed by atoms with E-state index in [-0.39, 0.29) is 18.3 Å². The van der Waals surface area contributed by atoms with Gasteiger partial charge in [-0.3, -0.25) is 4.79 Å². The molecule has 26 heavy (non-hydrogen) atoms. The second-order valence-electron chi connectivity index (χ2n) is 6.43. The van der Waals surface area contributed by atoms with Crippen molar-refractivity contribution in [3.63, 3.8) is 0 Å². The number of ether oxygens (including phenoxy) is 1. The Balaban J connectivity index is 0.00000243. The maximum Gasteiger partial charge on any atom is 0.242 e. The van der Waals surface area contributed by atoms with Crippen molar-refractivity contribution in [2.75, 3.05) is 37.9 Å². The summed E-state index contributed by atoms with van der Waals surface area (Å²) in [4.78, 5) is 16.6. The number of para-hydroxylation sites is 1. The van der Waals surface area contributed by atoms with Crippen LogP contribution in [-0.4, -0.2) is 38.1 Å². The van der Waals surface area contributed by atoms with Crippen molar-refractivity contribution >= 4 is 29.7 Å². The van der Waals surface area contributed by atoms with Gasteiger partial charge >= 0.3 is 0 Å². The van der Waals surface area contributed by atoms with Crippen molar-refractivity contribution in [2.24, 2.45) is 0 Å². The average Bonchev–Trinajstić information content (AvgIpc) is 2.63. The molecule has 0 radical (unpaired) electrons. The number of nitrogens with zero attached hydrogens (tertiary/aromatic N) is 2. The first kappa shape index (κ1) is 19.9. The Morgan fingerprint density at radius 1 is 1.23 bits per heavy atom. The molecule has 0 saturated carbocycles. The number of fused-ring (bicyclic) bond motifs is 1. The van der Waals surface area contributed by atoms with E-state index < -0.39 is 0 Å². The molecule has 2 N–H and O–H groups in total. The fourth-order valence-electron chi connectivity index (χ4n) is 3.35. The SMILES string of the molecule is COc1ccccc1CN(C)C(=O)CN1CCCc2c(N)cccc21.Cl. The van der Waals surface area contributed by atoms with Gasteiger partial charge in [0.1, 0.15) is 5.75 Å². The highest BCUT2D eigenvalue weighted by atomic mass is 35.5. The molecule has 0 saturated heterocycles. The molecule has 0 spiro atoms. The molecule has 2 aromatic carbocycles. The Labute approximate surface area is 161 Å². The first-order valence-corrected chi connectivity index (χ1v) is 8.58. The lowest BCUT2D eigenvalue weighted by molar-refractivity contribution is -0.129. The molecule has 3 rings (SSSR count). The van der Waals surface area contributed by atoms with Crippen molar-refractivity contribution in [3.8, 4) is 5.75 Å². The van der Waals surface area contributed by atoms with E-state index in [2.05, 4.69) is 11.0 Å². The van der Waals surface area contributed by atoms with Crippen LogP contribution in [-0.2, 0) is 17.8 Å². The maximum atomic E-state index is 12.7. The van der Waals surface area contributed by atoms with Gasteiger partial charge in [-0.2, -0.15) is 0 Å². The summed E-state index contributed by atoms with van der Waals surface area (Å²) in [7, 11) is 3.48. The molecular weight excluding hydrogens is 350 g/mol. The van der Waals surface area contributed by atoms with Crippen LogP contribution in [0.25, 0.3) is 0 Å². The number of carbonyl (C=O) groups is 1. The van der Waals surface area contributed by atoms with Crippen LogP contribution >= 0.6 is 12.4 Å². The van der Waals surface area contributed by atoms with E-state index in [1.165, 1.54) is 0 Å². The van der Waals surface area contributed by atoms with E-state index in [4.69, 9.17) is 10.5 Å². The third-order valence-electron chi connectivity index (χ3n) is 4.73. The van der Waals surface area contributed by atoms with Crippen LogP contribution in [0.3, 0.4) is 0 Å². The monoisotopic (exact) mass is 375 g/mol. The molecule has 5 nitrogen and oxygen atoms in total. The lowest BCUT2D eigenvalue weighted by Gasteiger charge is -2.32. The third kappa shape index (κ3) is 4.22. The number of hydrogen-bond donors (Lipinski definition) is 1. The third-order valence-corrected chi connectivity index (χ3v) is 4.73. The standard InChI is InChI=1S/C20H25N3O2.ClH/c1-22(13-15-7-3-4-11-19(15)25-2)20(24)14-23-12-6-8-16-17(21)9-5-10-18(16)23;/h3-5,7,9-11H,6,8,12-14,21H2,1-2H3;1H. The minimum Gasteiger partial charge on any atom is -0.496 e. The van der Waals surface area contributed by atoms with Gasteiger partial charge in [-0.1, -0.05) is 24.3 Å². The molecule has 0 aromatic heterocycles. The number of nitrogens with two attached hydrogens (primary N) is 1. The van der Waals surface area contributed by atoms with Crippen LogP contribution in [0, 0.1) is 0 Å². The summed E-state index contributed by atoms with van der Waals surface area (Å²) in [6, 6.07) is 13.7. The summed E-state index contributed by atoms with van der Waals surface area (Å²) >= 11 is 0. The molecule has 0 aliphatic carbocycles. The maximum absolute atomic E-state index is 12.7. The van der Waals surface area contributed by atoms with Crippen molar-refractivity contribution in [2.45, 2.75) is 19.4 Å². The predicted octanol–water partition coefficient (Wildman–Crippen LogP) is 3.11. The number of nitrogen functional groups attached to an aromatic ring is 1. The molecule has 140 valence electrons. The lowest BCUT2D eigenvalue weighted by atomic mass is 10.00. The average molecular weight is 376 g/mol. The van der Waals surface area contributed by atoms with E-state index in [0.717, 1.165) is 47.6 Å². The molecule has 1 amide bonds. The number of carbonyl (C=O) groups excluding carboxylic acids is 1. The van der Waals surface area contributed by atoms with E-state index >= 15 is 0 Å². The normalized spacial score (nSPS) is 12.8. The van der Waals surface area contributed by atoms with Gasteiger partial charge in [-0.05, 0) is 36.6 Å². The minimum atomic E-state index is 0. The van der Waals surface area contributed by atoms with Crippen LogP contribution < -0.4 is 15.4 Å². The Morgan fingerprint density at radius 2 is 2.00 bits per heavy atom. The summed E-state index contributed by atoms with van der Waals surface area (Å²) < 4.78 is 5.37. The number of hydrogen-bond acceptors (Lipinski definition) is 4. The zero-order chi connectivity index (χ0) is 17.8. The quantitative estimate of drug-likeness (QED) is 0.816. The Morgan fingerprint density at radius 3 is 2.77 bits per heavy atom. The van der Waals surface area contributed by atoms with Crippen molar-refractivity contribution in [1.29, 1.82) is 0 Å². The zero-order valence-corrected chi connectivity index (χ0v) is 16.1. The van der Waals surface area contributed by atoms with Crippen molar-refractivity contribution < 1.29 is 9.53 Å². The van der Waals surface area contributed by atoms with Crippen molar-refractivity contribution in [1.82, 2.24) is 4.90 Å². The molecule has 0 fully saturated rings. The first-order valence-electron chi connectivity index (χ1n) is 8.58. The van der Waals surface area contributed by atoms with Gasteiger partial charge in [0.25, 0.3) is 0 Å². The molecule has 2 aromatic rings. The van der Waals surface area contributed by atoms with Gasteiger partial charge in [0.05, 0.1) is 13.7 Å². The Bertz CT molecular complexity index is 766. The van der Waals surface area contributed by atoms with E-state index in [9.17, 15) is 4.79 Å². The number of anilines is 2. The van der Waals surface area contributed by atoms with E-state index in [1.807, 2.05) is 43.4 Å². The van der Waals surface area contributed by atoms with Gasteiger partial charge in [0.2, 0.25) is 5.91 Å². The zero-order valence-electron chi connectivity index (χ0n) is 15.3. The van der Waals surface area contributed by atoms with Crippen molar-refractivity contribution in [3.05, 3.63) is 53.6 Å². The second kappa shape index (κ2) is 8.81. The van der Waals surface area contributed by atoms with Crippen LogP contribution in [0.5, 0.6) is 5.75 Å². The fraction of sp³-hybridized carbons (Fsp3) is 0.350. The Kier molecular flexibility index (Phi) is 6.75. The van der Waals surface area contributed by atoms with Crippen LogP contribution in [0.4, 0.5) is 11.4 Å². The first-order chi connectivity index (χ1) is 12.1. The Hall–Kier alpha value is -2.40. The molecule has 0 unspecified atom stereocenters. The van der Waals surface area contributed by atoms with Gasteiger partial charge in [0, 0.05) is 37.1 Å². The number of rotatable bonds is 5. The molecule has 0 bridgehead atoms. The topological polar surface area (TPSA) is 58.8 Å². The fourth-order valence-corrected chi connectivity index (χ4v) is 3.35. The number of benzene rings is 2. The number of methoxy groups -OCH3 is 1. The number of amides is 1. The molecule has 1 aliphatic heterocycles. The summed E-state index contributed by atoms with van der Waals surface area (Å²) in [5, 5.41) is 0. The second-order valence-corrected chi connectivity index (χ2v) is 6.43. The van der Waals surface area contributed by atoms with E-state index in [0.29, 0.717) is 13.1 Å². The highest BCUT2D eigenvalue weighted by molar-refractivity contribution is 5.85. The molecule has 6 heteroatoms.